The molecule has 28 heavy (non-hydrogen) atoms. The Bertz CT molecular complexity index is 855. The highest BCUT2D eigenvalue weighted by Gasteiger charge is 2.26. The quantitative estimate of drug-likeness (QED) is 0.518. The number of aliphatic carboxylic acids is 1. The summed E-state index contributed by atoms with van der Waals surface area (Å²) >= 11 is 0. The second-order valence-electron chi connectivity index (χ2n) is 5.90. The molecule has 1 N–H and O–H groups in total. The van der Waals surface area contributed by atoms with Crippen LogP contribution in [0.1, 0.15) is 12.5 Å². The van der Waals surface area contributed by atoms with E-state index in [4.69, 9.17) is 9.47 Å². The number of hydrogen-bond acceptors (Lipinski definition) is 6. The Hall–Kier alpha value is -3.62. The van der Waals surface area contributed by atoms with Crippen molar-refractivity contribution in [3.63, 3.8) is 0 Å². The van der Waals surface area contributed by atoms with E-state index < -0.39 is 29.4 Å². The van der Waals surface area contributed by atoms with Gasteiger partial charge in [0, 0.05) is 18.7 Å². The third-order valence-corrected chi connectivity index (χ3v) is 4.05. The number of carboxylic acids is 1. The first-order valence-electron chi connectivity index (χ1n) is 8.35. The summed E-state index contributed by atoms with van der Waals surface area (Å²) in [4.78, 5) is 35.5. The van der Waals surface area contributed by atoms with Crippen LogP contribution in [-0.2, 0) is 16.1 Å². The number of methoxy groups -OCH3 is 1. The van der Waals surface area contributed by atoms with Crippen LogP contribution in [0.2, 0.25) is 0 Å². The lowest BCUT2D eigenvalue weighted by Crippen LogP contribution is -2.44. The molecule has 0 spiro atoms. The monoisotopic (exact) mass is 388 g/mol. The van der Waals surface area contributed by atoms with E-state index in [-0.39, 0.29) is 23.7 Å². The van der Waals surface area contributed by atoms with Crippen LogP contribution in [0.25, 0.3) is 0 Å². The molecule has 0 aliphatic heterocycles. The van der Waals surface area contributed by atoms with Crippen molar-refractivity contribution in [1.82, 2.24) is 4.90 Å². The lowest BCUT2D eigenvalue weighted by atomic mass is 10.2. The number of nitro groups is 1. The molecule has 148 valence electrons. The van der Waals surface area contributed by atoms with Gasteiger partial charge in [-0.05, 0) is 18.6 Å². The van der Waals surface area contributed by atoms with Crippen molar-refractivity contribution < 1.29 is 29.1 Å². The molecule has 0 aromatic heterocycles. The number of nitro benzene ring substituents is 1. The van der Waals surface area contributed by atoms with Crippen LogP contribution in [-0.4, -0.2) is 46.6 Å². The summed E-state index contributed by atoms with van der Waals surface area (Å²) in [5.41, 5.74) is 0.548. The van der Waals surface area contributed by atoms with Gasteiger partial charge in [0.25, 0.3) is 5.91 Å². The van der Waals surface area contributed by atoms with E-state index in [0.29, 0.717) is 0 Å². The minimum atomic E-state index is -1.14. The summed E-state index contributed by atoms with van der Waals surface area (Å²) < 4.78 is 10.4. The minimum Gasteiger partial charge on any atom is -0.490 e. The first-order valence-corrected chi connectivity index (χ1v) is 8.35. The molecule has 0 fully saturated rings. The van der Waals surface area contributed by atoms with Crippen molar-refractivity contribution in [3.05, 3.63) is 64.2 Å². The van der Waals surface area contributed by atoms with Crippen LogP contribution in [0, 0.1) is 10.1 Å². The highest BCUT2D eigenvalue weighted by molar-refractivity contribution is 5.84. The van der Waals surface area contributed by atoms with E-state index in [0.717, 1.165) is 5.56 Å². The van der Waals surface area contributed by atoms with Gasteiger partial charge in [-0.3, -0.25) is 14.9 Å². The van der Waals surface area contributed by atoms with Gasteiger partial charge in [0.2, 0.25) is 5.75 Å². The van der Waals surface area contributed by atoms with Crippen molar-refractivity contribution >= 4 is 17.6 Å². The number of nitrogens with zero attached hydrogens (tertiary/aromatic N) is 2. The maximum atomic E-state index is 12.6. The molecule has 1 atom stereocenters. The lowest BCUT2D eigenvalue weighted by Gasteiger charge is -2.26. The highest BCUT2D eigenvalue weighted by atomic mass is 16.6. The van der Waals surface area contributed by atoms with E-state index in [2.05, 4.69) is 0 Å². The van der Waals surface area contributed by atoms with E-state index in [1.54, 1.807) is 24.3 Å². The maximum Gasteiger partial charge on any atom is 0.326 e. The minimum absolute atomic E-state index is 0.00463. The number of carbonyl (C=O) groups is 2. The Balaban J connectivity index is 2.12. The second kappa shape index (κ2) is 9.36. The first kappa shape index (κ1) is 20.7. The molecule has 2 aromatic rings. The van der Waals surface area contributed by atoms with Gasteiger partial charge in [-0.1, -0.05) is 30.3 Å². The fourth-order valence-electron chi connectivity index (χ4n) is 2.48. The lowest BCUT2D eigenvalue weighted by molar-refractivity contribution is -0.385. The summed E-state index contributed by atoms with van der Waals surface area (Å²) in [6.45, 7) is 1.10. The molecule has 0 radical (unpaired) electrons. The Kier molecular flexibility index (Phi) is 6.91. The molecule has 0 saturated heterocycles. The molecule has 9 nitrogen and oxygen atoms in total. The highest BCUT2D eigenvalue weighted by Crippen LogP contribution is 2.30. The van der Waals surface area contributed by atoms with Gasteiger partial charge in [-0.2, -0.15) is 0 Å². The Morgan fingerprint density at radius 2 is 1.89 bits per heavy atom. The number of ether oxygens (including phenoxy) is 2. The van der Waals surface area contributed by atoms with Crippen LogP contribution in [0.3, 0.4) is 0 Å². The predicted molar refractivity (Wildman–Crippen MR) is 99.2 cm³/mol. The van der Waals surface area contributed by atoms with E-state index in [9.17, 15) is 24.8 Å². The molecular weight excluding hydrogens is 368 g/mol. The summed E-state index contributed by atoms with van der Waals surface area (Å²) in [7, 11) is 1.29. The zero-order chi connectivity index (χ0) is 20.7. The van der Waals surface area contributed by atoms with Gasteiger partial charge < -0.3 is 19.5 Å². The van der Waals surface area contributed by atoms with Gasteiger partial charge in [-0.25, -0.2) is 4.79 Å². The second-order valence-corrected chi connectivity index (χ2v) is 5.90. The SMILES string of the molecule is COc1cc(OCC(=O)N(Cc2ccccc2)C(C)C(=O)O)ccc1[N+](=O)[O-]. The molecule has 0 bridgehead atoms. The molecule has 9 heteroatoms. The maximum absolute atomic E-state index is 12.6. The summed E-state index contributed by atoms with van der Waals surface area (Å²) in [6.07, 6.45) is 0. The van der Waals surface area contributed by atoms with Gasteiger partial charge in [-0.15, -0.1) is 0 Å². The number of rotatable bonds is 9. The number of benzene rings is 2. The van der Waals surface area contributed by atoms with E-state index in [1.807, 2.05) is 6.07 Å². The molecule has 1 amide bonds. The largest absolute Gasteiger partial charge is 0.490 e. The zero-order valence-electron chi connectivity index (χ0n) is 15.4. The van der Waals surface area contributed by atoms with E-state index >= 15 is 0 Å². The molecule has 0 aliphatic rings. The molecular formula is C19H20N2O7. The molecule has 0 heterocycles. The third-order valence-electron chi connectivity index (χ3n) is 4.05. The summed E-state index contributed by atoms with van der Waals surface area (Å²) in [5.74, 6) is -1.48. The average Bonchev–Trinajstić information content (AvgIpc) is 2.69. The van der Waals surface area contributed by atoms with Crippen LogP contribution >= 0.6 is 0 Å². The van der Waals surface area contributed by atoms with Crippen molar-refractivity contribution in [2.75, 3.05) is 13.7 Å². The van der Waals surface area contributed by atoms with Crippen LogP contribution in [0.15, 0.2) is 48.5 Å². The summed E-state index contributed by atoms with van der Waals surface area (Å²) in [6, 6.07) is 11.8. The van der Waals surface area contributed by atoms with Crippen molar-refractivity contribution in [2.24, 2.45) is 0 Å². The molecule has 2 rings (SSSR count). The molecule has 0 aliphatic carbocycles. The number of amides is 1. The Morgan fingerprint density at radius 1 is 1.21 bits per heavy atom. The van der Waals surface area contributed by atoms with E-state index in [1.165, 1.54) is 37.1 Å². The van der Waals surface area contributed by atoms with Gasteiger partial charge >= 0.3 is 11.7 Å². The molecule has 1 unspecified atom stereocenters. The fourth-order valence-corrected chi connectivity index (χ4v) is 2.48. The molecule has 0 saturated carbocycles. The van der Waals surface area contributed by atoms with Gasteiger partial charge in [0.1, 0.15) is 11.8 Å². The fraction of sp³-hybridized carbons (Fsp3) is 0.263. The predicted octanol–water partition coefficient (Wildman–Crippen LogP) is 2.48. The standard InChI is InChI=1S/C19H20N2O7/c1-13(19(23)24)20(11-14-6-4-3-5-7-14)18(22)12-28-15-8-9-16(21(25)26)17(10-15)27-2/h3-10,13H,11-12H2,1-2H3,(H,23,24). The van der Waals surface area contributed by atoms with Crippen molar-refractivity contribution in [2.45, 2.75) is 19.5 Å². The van der Waals surface area contributed by atoms with Crippen molar-refractivity contribution in [3.8, 4) is 11.5 Å². The summed E-state index contributed by atoms with van der Waals surface area (Å²) in [5, 5.41) is 20.2. The Labute approximate surface area is 161 Å². The zero-order valence-corrected chi connectivity index (χ0v) is 15.4. The first-order chi connectivity index (χ1) is 13.3. The van der Waals surface area contributed by atoms with Gasteiger partial charge in [0.05, 0.1) is 12.0 Å². The van der Waals surface area contributed by atoms with Crippen LogP contribution in [0.5, 0.6) is 11.5 Å². The number of carbonyl (C=O) groups excluding carboxylic acids is 1. The number of carboxylic acid groups (broad SMARTS) is 1. The van der Waals surface area contributed by atoms with Crippen LogP contribution < -0.4 is 9.47 Å². The van der Waals surface area contributed by atoms with Gasteiger partial charge in [0.15, 0.2) is 6.61 Å². The topological polar surface area (TPSA) is 119 Å². The average molecular weight is 388 g/mol. The number of hydrogen-bond donors (Lipinski definition) is 1. The molecule has 2 aromatic carbocycles. The Morgan fingerprint density at radius 3 is 2.46 bits per heavy atom. The third kappa shape index (κ3) is 5.19. The van der Waals surface area contributed by atoms with Crippen molar-refractivity contribution in [1.29, 1.82) is 0 Å². The smallest absolute Gasteiger partial charge is 0.326 e. The normalized spacial score (nSPS) is 11.4. The van der Waals surface area contributed by atoms with Crippen LogP contribution in [0.4, 0.5) is 5.69 Å².